The Morgan fingerprint density at radius 2 is 2.21 bits per heavy atom. The lowest BCUT2D eigenvalue weighted by Crippen LogP contribution is -1.99. The van der Waals surface area contributed by atoms with E-state index in [0.29, 0.717) is 6.61 Å². The second-order valence-corrected chi connectivity index (χ2v) is 4.50. The molecule has 19 heavy (non-hydrogen) atoms. The van der Waals surface area contributed by atoms with Crippen molar-refractivity contribution < 1.29 is 4.74 Å². The fraction of sp³-hybridized carbons (Fsp3) is 0.429. The van der Waals surface area contributed by atoms with Crippen LogP contribution in [0.3, 0.4) is 0 Å². The van der Waals surface area contributed by atoms with Gasteiger partial charge >= 0.3 is 0 Å². The summed E-state index contributed by atoms with van der Waals surface area (Å²) in [5, 5.41) is 8.34. The monoisotopic (exact) mass is 260 g/mol. The van der Waals surface area contributed by atoms with E-state index in [-0.39, 0.29) is 0 Å². The lowest BCUT2D eigenvalue weighted by Gasteiger charge is -2.03. The Hall–Kier alpha value is -1.72. The van der Waals surface area contributed by atoms with Crippen molar-refractivity contribution in [2.24, 2.45) is 5.73 Å². The number of nitrogens with two attached hydrogens (primary N) is 1. The van der Waals surface area contributed by atoms with Crippen LogP contribution in [0.1, 0.15) is 24.1 Å². The number of benzene rings is 1. The molecule has 0 radical (unpaired) electrons. The zero-order valence-corrected chi connectivity index (χ0v) is 11.2. The molecule has 0 saturated heterocycles. The minimum Gasteiger partial charge on any atom is -0.380 e. The Morgan fingerprint density at radius 3 is 3.00 bits per heavy atom. The highest BCUT2D eigenvalue weighted by Gasteiger charge is 2.03. The van der Waals surface area contributed by atoms with Gasteiger partial charge in [-0.3, -0.25) is 0 Å². The summed E-state index contributed by atoms with van der Waals surface area (Å²) in [5.74, 6) is 0. The van der Waals surface area contributed by atoms with E-state index in [0.717, 1.165) is 42.8 Å². The van der Waals surface area contributed by atoms with Gasteiger partial charge in [-0.05, 0) is 43.5 Å². The summed E-state index contributed by atoms with van der Waals surface area (Å²) in [7, 11) is 1.69. The van der Waals surface area contributed by atoms with Crippen molar-refractivity contribution in [3.05, 3.63) is 41.7 Å². The van der Waals surface area contributed by atoms with E-state index >= 15 is 0 Å². The Bertz CT molecular complexity index is 510. The van der Waals surface area contributed by atoms with E-state index in [2.05, 4.69) is 16.4 Å². The molecule has 2 aromatic rings. The molecule has 0 amide bonds. The molecule has 0 aliphatic carbocycles. The zero-order valence-electron chi connectivity index (χ0n) is 11.2. The maximum Gasteiger partial charge on any atom is 0.0831 e. The molecule has 1 aromatic heterocycles. The molecule has 0 fully saturated rings. The van der Waals surface area contributed by atoms with Crippen molar-refractivity contribution in [1.82, 2.24) is 15.0 Å². The zero-order chi connectivity index (χ0) is 13.5. The minimum absolute atomic E-state index is 0.603. The number of hydrogen-bond donors (Lipinski definition) is 1. The number of rotatable bonds is 7. The van der Waals surface area contributed by atoms with Crippen molar-refractivity contribution in [3.63, 3.8) is 0 Å². The highest BCUT2D eigenvalue weighted by atomic mass is 16.5. The van der Waals surface area contributed by atoms with Crippen molar-refractivity contribution in [2.75, 3.05) is 13.7 Å². The molecular weight excluding hydrogens is 240 g/mol. The fourth-order valence-electron chi connectivity index (χ4n) is 1.95. The number of methoxy groups -OCH3 is 1. The molecule has 5 nitrogen and oxygen atoms in total. The van der Waals surface area contributed by atoms with Gasteiger partial charge in [-0.1, -0.05) is 17.3 Å². The van der Waals surface area contributed by atoms with Crippen LogP contribution in [-0.4, -0.2) is 28.6 Å². The van der Waals surface area contributed by atoms with Crippen LogP contribution in [0.5, 0.6) is 0 Å². The summed E-state index contributed by atoms with van der Waals surface area (Å²) >= 11 is 0. The summed E-state index contributed by atoms with van der Waals surface area (Å²) in [6, 6.07) is 8.10. The third-order valence-electron chi connectivity index (χ3n) is 2.91. The molecule has 5 heteroatoms. The molecule has 0 atom stereocenters. The van der Waals surface area contributed by atoms with E-state index in [9.17, 15) is 0 Å². The predicted molar refractivity (Wildman–Crippen MR) is 74.1 cm³/mol. The van der Waals surface area contributed by atoms with Crippen LogP contribution in [0.4, 0.5) is 0 Å². The summed E-state index contributed by atoms with van der Waals surface area (Å²) in [6.45, 7) is 1.33. The fourth-order valence-corrected chi connectivity index (χ4v) is 1.95. The first-order valence-corrected chi connectivity index (χ1v) is 6.53. The smallest absolute Gasteiger partial charge is 0.0831 e. The van der Waals surface area contributed by atoms with Gasteiger partial charge in [-0.15, -0.1) is 5.10 Å². The first kappa shape index (κ1) is 13.7. The standard InChI is InChI=1S/C14H20N4O/c1-19-11-12-5-4-7-14(9-12)18-10-13(16-17-18)6-2-3-8-15/h4-5,7,9-10H,2-3,6,8,11,15H2,1H3. The summed E-state index contributed by atoms with van der Waals surface area (Å²) < 4.78 is 6.93. The Morgan fingerprint density at radius 1 is 1.32 bits per heavy atom. The van der Waals surface area contributed by atoms with Gasteiger partial charge in [0.05, 0.1) is 24.2 Å². The van der Waals surface area contributed by atoms with Gasteiger partial charge in [0.1, 0.15) is 0 Å². The molecule has 0 saturated carbocycles. The number of aryl methyl sites for hydroxylation is 1. The molecule has 1 heterocycles. The highest BCUT2D eigenvalue weighted by Crippen LogP contribution is 2.11. The van der Waals surface area contributed by atoms with Gasteiger partial charge < -0.3 is 10.5 Å². The highest BCUT2D eigenvalue weighted by molar-refractivity contribution is 5.34. The van der Waals surface area contributed by atoms with Gasteiger partial charge in [-0.25, -0.2) is 4.68 Å². The summed E-state index contributed by atoms with van der Waals surface area (Å²) in [5.41, 5.74) is 8.62. The number of unbranched alkanes of at least 4 members (excludes halogenated alkanes) is 1. The van der Waals surface area contributed by atoms with Crippen LogP contribution in [-0.2, 0) is 17.8 Å². The maximum atomic E-state index is 5.48. The quantitative estimate of drug-likeness (QED) is 0.769. The summed E-state index contributed by atoms with van der Waals surface area (Å²) in [6.07, 6.45) is 4.98. The van der Waals surface area contributed by atoms with Crippen molar-refractivity contribution >= 4 is 0 Å². The van der Waals surface area contributed by atoms with Gasteiger partial charge in [0.25, 0.3) is 0 Å². The van der Waals surface area contributed by atoms with Crippen molar-refractivity contribution in [3.8, 4) is 5.69 Å². The molecule has 0 unspecified atom stereocenters. The molecule has 0 spiro atoms. The third-order valence-corrected chi connectivity index (χ3v) is 2.91. The number of nitrogens with zero attached hydrogens (tertiary/aromatic N) is 3. The Kier molecular flexibility index (Phi) is 5.06. The molecular formula is C14H20N4O. The van der Waals surface area contributed by atoms with Crippen LogP contribution >= 0.6 is 0 Å². The number of hydrogen-bond acceptors (Lipinski definition) is 4. The normalized spacial score (nSPS) is 10.8. The number of aromatic nitrogens is 3. The molecule has 1 aromatic carbocycles. The first-order valence-electron chi connectivity index (χ1n) is 6.53. The van der Waals surface area contributed by atoms with Crippen LogP contribution in [0.2, 0.25) is 0 Å². The topological polar surface area (TPSA) is 66.0 Å². The van der Waals surface area contributed by atoms with Gasteiger partial charge in [-0.2, -0.15) is 0 Å². The van der Waals surface area contributed by atoms with Crippen LogP contribution < -0.4 is 5.73 Å². The van der Waals surface area contributed by atoms with Crippen LogP contribution in [0, 0.1) is 0 Å². The largest absolute Gasteiger partial charge is 0.380 e. The van der Waals surface area contributed by atoms with Crippen molar-refractivity contribution in [1.29, 1.82) is 0 Å². The molecule has 2 rings (SSSR count). The Labute approximate surface area is 113 Å². The van der Waals surface area contributed by atoms with Crippen LogP contribution in [0.15, 0.2) is 30.5 Å². The maximum absolute atomic E-state index is 5.48. The van der Waals surface area contributed by atoms with Gasteiger partial charge in [0.2, 0.25) is 0 Å². The van der Waals surface area contributed by atoms with Gasteiger partial charge in [0, 0.05) is 7.11 Å². The van der Waals surface area contributed by atoms with E-state index in [1.807, 2.05) is 24.4 Å². The summed E-state index contributed by atoms with van der Waals surface area (Å²) in [4.78, 5) is 0. The van der Waals surface area contributed by atoms with E-state index < -0.39 is 0 Å². The lowest BCUT2D eigenvalue weighted by atomic mass is 10.2. The average molecular weight is 260 g/mol. The SMILES string of the molecule is COCc1cccc(-n2cc(CCCCN)nn2)c1. The second-order valence-electron chi connectivity index (χ2n) is 4.50. The third kappa shape index (κ3) is 3.87. The van der Waals surface area contributed by atoms with E-state index in [4.69, 9.17) is 10.5 Å². The molecule has 0 bridgehead atoms. The molecule has 102 valence electrons. The predicted octanol–water partition coefficient (Wildman–Crippen LogP) is 1.70. The van der Waals surface area contributed by atoms with Gasteiger partial charge in [0.15, 0.2) is 0 Å². The number of ether oxygens (including phenoxy) is 1. The minimum atomic E-state index is 0.603. The Balaban J connectivity index is 2.07. The average Bonchev–Trinajstić information content (AvgIpc) is 2.89. The second kappa shape index (κ2) is 7.01. The van der Waals surface area contributed by atoms with E-state index in [1.165, 1.54) is 0 Å². The molecule has 0 aliphatic heterocycles. The molecule has 2 N–H and O–H groups in total. The van der Waals surface area contributed by atoms with E-state index in [1.54, 1.807) is 11.8 Å². The first-order chi connectivity index (χ1) is 9.33. The van der Waals surface area contributed by atoms with Crippen LogP contribution in [0.25, 0.3) is 5.69 Å². The lowest BCUT2D eigenvalue weighted by molar-refractivity contribution is 0.185. The van der Waals surface area contributed by atoms with Crippen molar-refractivity contribution in [2.45, 2.75) is 25.9 Å². The molecule has 0 aliphatic rings.